The maximum absolute atomic E-state index is 12.5. The van der Waals surface area contributed by atoms with Gasteiger partial charge in [-0.3, -0.25) is 9.69 Å². The molecule has 146 valence electrons. The minimum absolute atomic E-state index is 0.0412. The summed E-state index contributed by atoms with van der Waals surface area (Å²) >= 11 is 0. The Hall–Kier alpha value is -2.33. The standard InChI is InChI=1S/C23H33N3O/c1-4-9-21(17-24-12-5-2)19(3)15-23(27)25-22-11-8-10-20(16-22)18-26-13-6-7-14-26/h4-5,8,10-11,16-17,19,24H,1-2,6-7,9,12-15,18H2,3H3,(H,25,27)/b21-17+. The molecule has 1 unspecified atom stereocenters. The second-order valence-corrected chi connectivity index (χ2v) is 7.25. The third kappa shape index (κ3) is 7.43. The highest BCUT2D eigenvalue weighted by Crippen LogP contribution is 2.20. The second-order valence-electron chi connectivity index (χ2n) is 7.25. The van der Waals surface area contributed by atoms with Gasteiger partial charge in [0.05, 0.1) is 0 Å². The minimum atomic E-state index is 0.0412. The number of benzene rings is 1. The molecule has 4 nitrogen and oxygen atoms in total. The number of hydrogen-bond donors (Lipinski definition) is 2. The maximum atomic E-state index is 12.5. The molecule has 2 rings (SSSR count). The van der Waals surface area contributed by atoms with E-state index in [0.29, 0.717) is 13.0 Å². The highest BCUT2D eigenvalue weighted by Gasteiger charge is 2.14. The lowest BCUT2D eigenvalue weighted by molar-refractivity contribution is -0.116. The number of anilines is 1. The molecule has 0 saturated carbocycles. The van der Waals surface area contributed by atoms with E-state index in [1.165, 1.54) is 37.1 Å². The third-order valence-corrected chi connectivity index (χ3v) is 4.87. The molecular weight excluding hydrogens is 334 g/mol. The molecule has 1 aromatic rings. The first-order valence-corrected chi connectivity index (χ1v) is 9.87. The van der Waals surface area contributed by atoms with Gasteiger partial charge in [0.1, 0.15) is 0 Å². The van der Waals surface area contributed by atoms with Gasteiger partial charge in [-0.1, -0.05) is 31.2 Å². The van der Waals surface area contributed by atoms with E-state index in [2.05, 4.69) is 47.7 Å². The largest absolute Gasteiger partial charge is 0.387 e. The summed E-state index contributed by atoms with van der Waals surface area (Å²) in [6.45, 7) is 13.6. The van der Waals surface area contributed by atoms with Crippen LogP contribution in [0, 0.1) is 5.92 Å². The molecule has 1 aliphatic heterocycles. The van der Waals surface area contributed by atoms with Crippen LogP contribution in [0.1, 0.15) is 38.2 Å². The molecule has 27 heavy (non-hydrogen) atoms. The Morgan fingerprint density at radius 2 is 2.04 bits per heavy atom. The van der Waals surface area contributed by atoms with Gasteiger partial charge < -0.3 is 10.6 Å². The van der Waals surface area contributed by atoms with Gasteiger partial charge in [0.25, 0.3) is 0 Å². The summed E-state index contributed by atoms with van der Waals surface area (Å²) < 4.78 is 0. The molecular formula is C23H33N3O. The summed E-state index contributed by atoms with van der Waals surface area (Å²) in [4.78, 5) is 15.0. The van der Waals surface area contributed by atoms with Crippen molar-refractivity contribution in [2.75, 3.05) is 25.0 Å². The molecule has 2 N–H and O–H groups in total. The maximum Gasteiger partial charge on any atom is 0.224 e. The highest BCUT2D eigenvalue weighted by atomic mass is 16.1. The Morgan fingerprint density at radius 3 is 2.74 bits per heavy atom. The van der Waals surface area contributed by atoms with Gasteiger partial charge in [-0.2, -0.15) is 0 Å². The lowest BCUT2D eigenvalue weighted by Gasteiger charge is -2.17. The number of likely N-dealkylation sites (tertiary alicyclic amines) is 1. The molecule has 0 bridgehead atoms. The number of nitrogens with one attached hydrogen (secondary N) is 2. The topological polar surface area (TPSA) is 44.4 Å². The molecule has 1 aliphatic rings. The van der Waals surface area contributed by atoms with Crippen LogP contribution in [-0.2, 0) is 11.3 Å². The van der Waals surface area contributed by atoms with Gasteiger partial charge in [0, 0.05) is 25.2 Å². The van der Waals surface area contributed by atoms with Crippen LogP contribution in [0.5, 0.6) is 0 Å². The van der Waals surface area contributed by atoms with Crippen LogP contribution in [0.4, 0.5) is 5.69 Å². The first-order chi connectivity index (χ1) is 13.1. The molecule has 1 aromatic carbocycles. The Kier molecular flexibility index (Phi) is 8.85. The zero-order valence-corrected chi connectivity index (χ0v) is 16.5. The normalized spacial score (nSPS) is 16.0. The zero-order valence-electron chi connectivity index (χ0n) is 16.5. The van der Waals surface area contributed by atoms with E-state index in [1.807, 2.05) is 30.5 Å². The van der Waals surface area contributed by atoms with Crippen LogP contribution >= 0.6 is 0 Å². The summed E-state index contributed by atoms with van der Waals surface area (Å²) in [5.41, 5.74) is 3.30. The van der Waals surface area contributed by atoms with Crippen molar-refractivity contribution in [2.24, 2.45) is 5.92 Å². The summed E-state index contributed by atoms with van der Waals surface area (Å²) in [6.07, 6.45) is 9.47. The van der Waals surface area contributed by atoms with Crippen molar-refractivity contribution in [1.29, 1.82) is 0 Å². The number of carbonyl (C=O) groups is 1. The molecule has 1 heterocycles. The van der Waals surface area contributed by atoms with E-state index in [1.54, 1.807) is 0 Å². The molecule has 1 saturated heterocycles. The first kappa shape index (κ1) is 21.0. The summed E-state index contributed by atoms with van der Waals surface area (Å²) in [6, 6.07) is 8.20. The van der Waals surface area contributed by atoms with Gasteiger partial charge in [0.15, 0.2) is 0 Å². The predicted octanol–water partition coefficient (Wildman–Crippen LogP) is 4.48. The van der Waals surface area contributed by atoms with Crippen LogP contribution in [0.25, 0.3) is 0 Å². The van der Waals surface area contributed by atoms with E-state index in [4.69, 9.17) is 0 Å². The summed E-state index contributed by atoms with van der Waals surface area (Å²) in [5, 5.41) is 6.26. The molecule has 1 atom stereocenters. The van der Waals surface area contributed by atoms with Crippen molar-refractivity contribution in [3.8, 4) is 0 Å². The predicted molar refractivity (Wildman–Crippen MR) is 114 cm³/mol. The number of carbonyl (C=O) groups excluding carboxylic acids is 1. The quantitative estimate of drug-likeness (QED) is 0.448. The van der Waals surface area contributed by atoms with Crippen molar-refractivity contribution >= 4 is 11.6 Å². The van der Waals surface area contributed by atoms with Crippen LogP contribution < -0.4 is 10.6 Å². The Labute approximate surface area is 164 Å². The number of allylic oxidation sites excluding steroid dienone is 2. The molecule has 4 heteroatoms. The van der Waals surface area contributed by atoms with Crippen molar-refractivity contribution in [1.82, 2.24) is 10.2 Å². The molecule has 1 fully saturated rings. The average Bonchev–Trinajstić information content (AvgIpc) is 3.14. The number of nitrogens with zero attached hydrogens (tertiary/aromatic N) is 1. The summed E-state index contributed by atoms with van der Waals surface area (Å²) in [5.74, 6) is 0.188. The second kappa shape index (κ2) is 11.4. The van der Waals surface area contributed by atoms with Crippen LogP contribution in [-0.4, -0.2) is 30.4 Å². The van der Waals surface area contributed by atoms with E-state index in [-0.39, 0.29) is 11.8 Å². The first-order valence-electron chi connectivity index (χ1n) is 9.87. The number of amides is 1. The lowest BCUT2D eigenvalue weighted by Crippen LogP contribution is -2.19. The third-order valence-electron chi connectivity index (χ3n) is 4.87. The van der Waals surface area contributed by atoms with Crippen molar-refractivity contribution < 1.29 is 4.79 Å². The fourth-order valence-electron chi connectivity index (χ4n) is 3.41. The Morgan fingerprint density at radius 1 is 1.26 bits per heavy atom. The zero-order chi connectivity index (χ0) is 19.5. The SMILES string of the molecule is C=CCN/C=C(\CC=C)C(C)CC(=O)Nc1cccc(CN2CCCC2)c1. The van der Waals surface area contributed by atoms with E-state index >= 15 is 0 Å². The smallest absolute Gasteiger partial charge is 0.224 e. The molecule has 0 spiro atoms. The summed E-state index contributed by atoms with van der Waals surface area (Å²) in [7, 11) is 0. The van der Waals surface area contributed by atoms with Crippen molar-refractivity contribution in [3.63, 3.8) is 0 Å². The van der Waals surface area contributed by atoms with Gasteiger partial charge in [-0.25, -0.2) is 0 Å². The van der Waals surface area contributed by atoms with E-state index in [0.717, 1.165) is 18.7 Å². The monoisotopic (exact) mass is 367 g/mol. The highest BCUT2D eigenvalue weighted by molar-refractivity contribution is 5.91. The van der Waals surface area contributed by atoms with Gasteiger partial charge in [0.2, 0.25) is 5.91 Å². The van der Waals surface area contributed by atoms with E-state index in [9.17, 15) is 4.79 Å². The van der Waals surface area contributed by atoms with Crippen LogP contribution in [0.15, 0.2) is 61.3 Å². The Balaban J connectivity index is 1.90. The Bertz CT molecular complexity index is 659. The number of rotatable bonds is 11. The van der Waals surface area contributed by atoms with Gasteiger partial charge >= 0.3 is 0 Å². The minimum Gasteiger partial charge on any atom is -0.387 e. The fourth-order valence-corrected chi connectivity index (χ4v) is 3.41. The molecule has 0 aliphatic carbocycles. The van der Waals surface area contributed by atoms with Crippen LogP contribution in [0.3, 0.4) is 0 Å². The van der Waals surface area contributed by atoms with Crippen LogP contribution in [0.2, 0.25) is 0 Å². The van der Waals surface area contributed by atoms with Crippen molar-refractivity contribution in [3.05, 3.63) is 66.9 Å². The molecule has 1 amide bonds. The molecule has 0 radical (unpaired) electrons. The molecule has 0 aromatic heterocycles. The van der Waals surface area contributed by atoms with Crippen molar-refractivity contribution in [2.45, 2.75) is 39.2 Å². The fraction of sp³-hybridized carbons (Fsp3) is 0.435. The number of hydrogen-bond acceptors (Lipinski definition) is 3. The van der Waals surface area contributed by atoms with Gasteiger partial charge in [-0.15, -0.1) is 13.2 Å². The van der Waals surface area contributed by atoms with Gasteiger partial charge in [-0.05, 0) is 67.7 Å². The average molecular weight is 368 g/mol. The lowest BCUT2D eigenvalue weighted by atomic mass is 9.95. The van der Waals surface area contributed by atoms with E-state index < -0.39 is 0 Å².